The molecule has 1 unspecified atom stereocenters. The van der Waals surface area contributed by atoms with Crippen LogP contribution in [0.2, 0.25) is 0 Å². The minimum absolute atomic E-state index is 0.228. The van der Waals surface area contributed by atoms with Gasteiger partial charge in [0, 0.05) is 19.4 Å². The number of imidazole rings is 1. The Hall–Kier alpha value is -1.69. The van der Waals surface area contributed by atoms with Crippen LogP contribution < -0.4 is 0 Å². The van der Waals surface area contributed by atoms with E-state index in [0.29, 0.717) is 5.16 Å². The fraction of sp³-hybridized carbons (Fsp3) is 0.231. The van der Waals surface area contributed by atoms with Gasteiger partial charge in [-0.05, 0) is 25.1 Å². The van der Waals surface area contributed by atoms with E-state index in [4.69, 9.17) is 0 Å². The maximum Gasteiger partial charge on any atom is 0.179 e. The molecule has 0 fully saturated rings. The zero-order chi connectivity index (χ0) is 14.0. The molecule has 0 bridgehead atoms. The number of carbonyl (C=O) groups excluding carboxylic acids is 1. The zero-order valence-corrected chi connectivity index (χ0v) is 11.2. The lowest BCUT2D eigenvalue weighted by Gasteiger charge is -2.10. The quantitative estimate of drug-likeness (QED) is 0.638. The smallest absolute Gasteiger partial charge is 0.179 e. The number of thioether (sulfide) groups is 1. The van der Waals surface area contributed by atoms with Crippen molar-refractivity contribution in [2.45, 2.75) is 17.3 Å². The normalized spacial score (nSPS) is 12.4. The highest BCUT2D eigenvalue weighted by atomic mass is 32.2. The van der Waals surface area contributed by atoms with Gasteiger partial charge in [0.25, 0.3) is 0 Å². The van der Waals surface area contributed by atoms with Gasteiger partial charge in [0.1, 0.15) is 11.6 Å². The highest BCUT2D eigenvalue weighted by Gasteiger charge is 2.21. The molecule has 1 aromatic heterocycles. The van der Waals surface area contributed by atoms with Gasteiger partial charge in [0.2, 0.25) is 0 Å². The van der Waals surface area contributed by atoms with Crippen LogP contribution in [0, 0.1) is 11.6 Å². The first kappa shape index (κ1) is 13.7. The summed E-state index contributed by atoms with van der Waals surface area (Å²) in [6.07, 6.45) is 3.37. The van der Waals surface area contributed by atoms with Crippen LogP contribution in [0.5, 0.6) is 0 Å². The van der Waals surface area contributed by atoms with E-state index in [1.54, 1.807) is 30.9 Å². The van der Waals surface area contributed by atoms with Crippen LogP contribution in [0.1, 0.15) is 17.3 Å². The van der Waals surface area contributed by atoms with Gasteiger partial charge in [-0.3, -0.25) is 4.79 Å². The van der Waals surface area contributed by atoms with Crippen molar-refractivity contribution in [3.05, 3.63) is 47.8 Å². The van der Waals surface area contributed by atoms with Crippen molar-refractivity contribution < 1.29 is 13.6 Å². The van der Waals surface area contributed by atoms with E-state index in [0.717, 1.165) is 18.2 Å². The van der Waals surface area contributed by atoms with E-state index in [1.807, 2.05) is 0 Å². The molecule has 1 heterocycles. The average Bonchev–Trinajstić information content (AvgIpc) is 2.77. The Kier molecular flexibility index (Phi) is 3.99. The Balaban J connectivity index is 2.19. The lowest BCUT2D eigenvalue weighted by molar-refractivity contribution is 0.0989. The molecule has 100 valence electrons. The standard InChI is InChI=1S/C13H12F2N2OS/c1-8(19-13-16-5-6-17(13)2)12(18)10-7-9(14)3-4-11(10)15/h3-8H,1-2H3. The van der Waals surface area contributed by atoms with Crippen molar-refractivity contribution in [3.8, 4) is 0 Å². The minimum atomic E-state index is -0.710. The SMILES string of the molecule is CC(Sc1nccn1C)C(=O)c1cc(F)ccc1F. The van der Waals surface area contributed by atoms with Gasteiger partial charge in [-0.15, -0.1) is 0 Å². The fourth-order valence-corrected chi connectivity index (χ4v) is 2.48. The summed E-state index contributed by atoms with van der Waals surface area (Å²) in [6, 6.07) is 2.87. The molecule has 6 heteroatoms. The molecule has 3 nitrogen and oxygen atoms in total. The second-order valence-electron chi connectivity index (χ2n) is 4.07. The lowest BCUT2D eigenvalue weighted by atomic mass is 10.1. The van der Waals surface area contributed by atoms with Crippen LogP contribution in [0.15, 0.2) is 35.7 Å². The van der Waals surface area contributed by atoms with E-state index >= 15 is 0 Å². The van der Waals surface area contributed by atoms with E-state index in [1.165, 1.54) is 11.8 Å². The number of aryl methyl sites for hydroxylation is 1. The Bertz CT molecular complexity index is 612. The van der Waals surface area contributed by atoms with Crippen LogP contribution in [-0.2, 0) is 7.05 Å². The third-order valence-corrected chi connectivity index (χ3v) is 3.79. The summed E-state index contributed by atoms with van der Waals surface area (Å²) in [4.78, 5) is 16.2. The third kappa shape index (κ3) is 3.01. The van der Waals surface area contributed by atoms with E-state index in [-0.39, 0.29) is 5.56 Å². The molecule has 0 aliphatic heterocycles. The average molecular weight is 282 g/mol. The highest BCUT2D eigenvalue weighted by molar-refractivity contribution is 8.00. The van der Waals surface area contributed by atoms with Gasteiger partial charge in [-0.2, -0.15) is 0 Å². The van der Waals surface area contributed by atoms with Gasteiger partial charge in [-0.25, -0.2) is 13.8 Å². The number of hydrogen-bond acceptors (Lipinski definition) is 3. The molecule has 1 atom stereocenters. The molecule has 19 heavy (non-hydrogen) atoms. The monoisotopic (exact) mass is 282 g/mol. The number of hydrogen-bond donors (Lipinski definition) is 0. The molecular formula is C13H12F2N2OS. The first-order chi connectivity index (χ1) is 8.99. The van der Waals surface area contributed by atoms with Crippen molar-refractivity contribution in [2.24, 2.45) is 7.05 Å². The Labute approximate surface area is 113 Å². The predicted octanol–water partition coefficient (Wildman–Crippen LogP) is 3.06. The largest absolute Gasteiger partial charge is 0.329 e. The Morgan fingerprint density at radius 2 is 2.16 bits per heavy atom. The van der Waals surface area contributed by atoms with Gasteiger partial charge < -0.3 is 4.57 Å². The summed E-state index contributed by atoms with van der Waals surface area (Å²) in [5, 5.41) is 0.107. The summed E-state index contributed by atoms with van der Waals surface area (Å²) in [5.41, 5.74) is -0.228. The van der Waals surface area contributed by atoms with Crippen molar-refractivity contribution in [3.63, 3.8) is 0 Å². The number of carbonyl (C=O) groups is 1. The second-order valence-corrected chi connectivity index (χ2v) is 5.38. The van der Waals surface area contributed by atoms with Gasteiger partial charge in [0.15, 0.2) is 10.9 Å². The van der Waals surface area contributed by atoms with Crippen LogP contribution in [0.25, 0.3) is 0 Å². The van der Waals surface area contributed by atoms with E-state index in [2.05, 4.69) is 4.98 Å². The molecule has 1 aromatic carbocycles. The summed E-state index contributed by atoms with van der Waals surface area (Å²) < 4.78 is 28.4. The summed E-state index contributed by atoms with van der Waals surface area (Å²) in [5.74, 6) is -1.79. The number of benzene rings is 1. The van der Waals surface area contributed by atoms with Crippen LogP contribution in [0.3, 0.4) is 0 Å². The number of ketones is 1. The molecule has 2 aromatic rings. The molecule has 0 radical (unpaired) electrons. The minimum Gasteiger partial charge on any atom is -0.329 e. The van der Waals surface area contributed by atoms with Gasteiger partial charge in [-0.1, -0.05) is 11.8 Å². The lowest BCUT2D eigenvalue weighted by Crippen LogP contribution is -2.16. The summed E-state index contributed by atoms with van der Waals surface area (Å²) >= 11 is 1.21. The highest BCUT2D eigenvalue weighted by Crippen LogP contribution is 2.24. The first-order valence-corrected chi connectivity index (χ1v) is 6.50. The number of halogens is 2. The molecule has 0 saturated heterocycles. The van der Waals surface area contributed by atoms with Crippen molar-refractivity contribution in [2.75, 3.05) is 0 Å². The van der Waals surface area contributed by atoms with Crippen molar-refractivity contribution >= 4 is 17.5 Å². The maximum atomic E-state index is 13.5. The molecule has 0 N–H and O–H groups in total. The number of nitrogens with zero attached hydrogens (tertiary/aromatic N) is 2. The second kappa shape index (κ2) is 5.52. The molecule has 2 rings (SSSR count). The molecule has 0 amide bonds. The summed E-state index contributed by atoms with van der Waals surface area (Å²) in [6.45, 7) is 1.64. The predicted molar refractivity (Wildman–Crippen MR) is 69.2 cm³/mol. The molecule has 0 saturated carbocycles. The van der Waals surface area contributed by atoms with Crippen molar-refractivity contribution in [1.82, 2.24) is 9.55 Å². The van der Waals surface area contributed by atoms with Gasteiger partial charge in [0.05, 0.1) is 10.8 Å². The van der Waals surface area contributed by atoms with Crippen LogP contribution >= 0.6 is 11.8 Å². The number of rotatable bonds is 4. The first-order valence-electron chi connectivity index (χ1n) is 5.62. The van der Waals surface area contributed by atoms with Crippen LogP contribution in [0.4, 0.5) is 8.78 Å². The van der Waals surface area contributed by atoms with Crippen LogP contribution in [-0.4, -0.2) is 20.6 Å². The van der Waals surface area contributed by atoms with E-state index in [9.17, 15) is 13.6 Å². The molecular weight excluding hydrogens is 270 g/mol. The molecule has 0 aliphatic carbocycles. The molecule has 0 aliphatic rings. The molecule has 0 spiro atoms. The Morgan fingerprint density at radius 3 is 2.79 bits per heavy atom. The van der Waals surface area contributed by atoms with E-state index < -0.39 is 22.7 Å². The summed E-state index contributed by atoms with van der Waals surface area (Å²) in [7, 11) is 1.80. The zero-order valence-electron chi connectivity index (χ0n) is 10.4. The fourth-order valence-electron chi connectivity index (χ4n) is 1.58. The topological polar surface area (TPSA) is 34.9 Å². The number of Topliss-reactive ketones (excluding diaryl/α,β-unsaturated/α-hetero) is 1. The third-order valence-electron chi connectivity index (χ3n) is 2.62. The maximum absolute atomic E-state index is 13.5. The van der Waals surface area contributed by atoms with Gasteiger partial charge >= 0.3 is 0 Å². The van der Waals surface area contributed by atoms with Crippen molar-refractivity contribution in [1.29, 1.82) is 0 Å². The Morgan fingerprint density at radius 1 is 1.42 bits per heavy atom. The number of aromatic nitrogens is 2.